The third-order valence-electron chi connectivity index (χ3n) is 3.00. The number of nitrogens with zero attached hydrogens (tertiary/aromatic N) is 2. The van der Waals surface area contributed by atoms with E-state index in [-0.39, 0.29) is 5.56 Å². The second-order valence-corrected chi connectivity index (χ2v) is 5.54. The van der Waals surface area contributed by atoms with E-state index in [1.807, 2.05) is 24.3 Å². The van der Waals surface area contributed by atoms with E-state index < -0.39 is 11.5 Å². The number of benzene rings is 1. The van der Waals surface area contributed by atoms with Crippen molar-refractivity contribution >= 4 is 28.1 Å². The summed E-state index contributed by atoms with van der Waals surface area (Å²) in [4.78, 5) is 23.6. The first-order valence-electron chi connectivity index (χ1n) is 6.23. The highest BCUT2D eigenvalue weighted by Crippen LogP contribution is 2.09. The van der Waals surface area contributed by atoms with Crippen molar-refractivity contribution < 1.29 is 4.79 Å². The molecule has 6 heteroatoms. The van der Waals surface area contributed by atoms with Gasteiger partial charge in [-0.2, -0.15) is 5.10 Å². The zero-order chi connectivity index (χ0) is 15.6. The molecule has 0 bridgehead atoms. The normalized spacial score (nSPS) is 11.0. The Kier molecular flexibility index (Phi) is 4.37. The number of carbonyl (C=O) groups is 1. The minimum absolute atomic E-state index is 0.0337. The first kappa shape index (κ1) is 15.2. The molecule has 1 aromatic carbocycles. The fourth-order valence-electron chi connectivity index (χ4n) is 2.00. The Morgan fingerprint density at radius 3 is 2.48 bits per heavy atom. The molecule has 5 nitrogen and oxygen atoms in total. The van der Waals surface area contributed by atoms with Gasteiger partial charge in [-0.1, -0.05) is 28.1 Å². The summed E-state index contributed by atoms with van der Waals surface area (Å²) in [5.41, 5.74) is 6.74. The molecule has 0 aliphatic heterocycles. The number of carbonyl (C=O) groups excluding carboxylic acids is 1. The second-order valence-electron chi connectivity index (χ2n) is 4.62. The van der Waals surface area contributed by atoms with Gasteiger partial charge in [0.25, 0.3) is 11.5 Å². The molecule has 1 amide bonds. The Morgan fingerprint density at radius 2 is 1.90 bits per heavy atom. The molecule has 2 rings (SSSR count). The Morgan fingerprint density at radius 1 is 1.29 bits per heavy atom. The van der Waals surface area contributed by atoms with E-state index >= 15 is 0 Å². The number of hydrogen-bond donors (Lipinski definition) is 1. The van der Waals surface area contributed by atoms with Crippen LogP contribution in [-0.4, -0.2) is 16.8 Å². The highest BCUT2D eigenvalue weighted by molar-refractivity contribution is 9.10. The number of aryl methyl sites for hydroxylation is 2. The predicted molar refractivity (Wildman–Crippen MR) is 85.8 cm³/mol. The molecule has 2 aromatic rings. The van der Waals surface area contributed by atoms with Gasteiger partial charge in [-0.25, -0.2) is 4.68 Å². The number of primary amides is 1. The molecule has 0 fully saturated rings. The van der Waals surface area contributed by atoms with Gasteiger partial charge in [0.1, 0.15) is 5.56 Å². The van der Waals surface area contributed by atoms with E-state index in [1.165, 1.54) is 4.68 Å². The lowest BCUT2D eigenvalue weighted by Gasteiger charge is -2.08. The summed E-state index contributed by atoms with van der Waals surface area (Å²) in [6.45, 7) is 3.43. The molecule has 1 aromatic heterocycles. The average Bonchev–Trinajstić information content (AvgIpc) is 2.39. The fourth-order valence-corrected chi connectivity index (χ4v) is 2.26. The van der Waals surface area contributed by atoms with E-state index in [4.69, 9.17) is 5.73 Å². The lowest BCUT2D eigenvalue weighted by Crippen LogP contribution is -2.30. The van der Waals surface area contributed by atoms with Crippen LogP contribution in [0.2, 0.25) is 0 Å². The van der Waals surface area contributed by atoms with Crippen molar-refractivity contribution in [1.29, 1.82) is 0 Å². The number of rotatable bonds is 3. The van der Waals surface area contributed by atoms with Gasteiger partial charge in [0.15, 0.2) is 0 Å². The van der Waals surface area contributed by atoms with E-state index in [2.05, 4.69) is 21.0 Å². The minimum Gasteiger partial charge on any atom is -0.365 e. The van der Waals surface area contributed by atoms with Crippen molar-refractivity contribution in [2.75, 3.05) is 0 Å². The van der Waals surface area contributed by atoms with Crippen LogP contribution in [0, 0.1) is 13.8 Å². The quantitative estimate of drug-likeness (QED) is 0.864. The molecule has 108 valence electrons. The van der Waals surface area contributed by atoms with Gasteiger partial charge in [0.05, 0.1) is 6.21 Å². The van der Waals surface area contributed by atoms with E-state index in [0.29, 0.717) is 11.3 Å². The Balaban J connectivity index is 2.49. The maximum Gasteiger partial charge on any atom is 0.284 e. The number of nitrogens with two attached hydrogens (primary N) is 1. The van der Waals surface area contributed by atoms with Gasteiger partial charge in [-0.05, 0) is 43.2 Å². The maximum atomic E-state index is 12.3. The standard InChI is InChI=1S/C15H14BrN3O2/c1-9-7-10(2)19(15(21)13(9)14(17)20)18-8-11-3-5-12(16)6-4-11/h3-8H,1-2H3,(H2,17,20)/b18-8+. The summed E-state index contributed by atoms with van der Waals surface area (Å²) in [5.74, 6) is -0.745. The zero-order valence-electron chi connectivity index (χ0n) is 11.6. The van der Waals surface area contributed by atoms with Gasteiger partial charge in [-0.3, -0.25) is 9.59 Å². The Hall–Kier alpha value is -2.21. The highest BCUT2D eigenvalue weighted by Gasteiger charge is 2.14. The summed E-state index contributed by atoms with van der Waals surface area (Å²) < 4.78 is 2.13. The lowest BCUT2D eigenvalue weighted by molar-refractivity contribution is 0.0997. The number of halogens is 1. The first-order valence-corrected chi connectivity index (χ1v) is 7.02. The molecule has 0 saturated carbocycles. The Bertz CT molecular complexity index is 777. The maximum absolute atomic E-state index is 12.3. The van der Waals surface area contributed by atoms with Crippen molar-refractivity contribution in [3.63, 3.8) is 0 Å². The number of amides is 1. The molecular formula is C15H14BrN3O2. The summed E-state index contributed by atoms with van der Waals surface area (Å²) in [7, 11) is 0. The van der Waals surface area contributed by atoms with Crippen LogP contribution >= 0.6 is 15.9 Å². The van der Waals surface area contributed by atoms with Crippen molar-refractivity contribution in [3.8, 4) is 0 Å². The largest absolute Gasteiger partial charge is 0.365 e. The van der Waals surface area contributed by atoms with Crippen molar-refractivity contribution in [2.24, 2.45) is 10.8 Å². The number of aromatic nitrogens is 1. The molecule has 0 unspecified atom stereocenters. The molecule has 0 spiro atoms. The van der Waals surface area contributed by atoms with Crippen LogP contribution in [0.4, 0.5) is 0 Å². The first-order chi connectivity index (χ1) is 9.90. The molecule has 0 aliphatic carbocycles. The fraction of sp³-hybridized carbons (Fsp3) is 0.133. The number of pyridine rings is 1. The number of hydrogen-bond acceptors (Lipinski definition) is 3. The van der Waals surface area contributed by atoms with E-state index in [9.17, 15) is 9.59 Å². The summed E-state index contributed by atoms with van der Waals surface area (Å²) >= 11 is 3.35. The molecule has 0 radical (unpaired) electrons. The topological polar surface area (TPSA) is 77.4 Å². The van der Waals surface area contributed by atoms with Crippen LogP contribution in [0.15, 0.2) is 44.7 Å². The van der Waals surface area contributed by atoms with E-state index in [0.717, 1.165) is 10.0 Å². The zero-order valence-corrected chi connectivity index (χ0v) is 13.2. The highest BCUT2D eigenvalue weighted by atomic mass is 79.9. The second kappa shape index (κ2) is 6.05. The lowest BCUT2D eigenvalue weighted by atomic mass is 10.1. The molecule has 0 aliphatic rings. The van der Waals surface area contributed by atoms with Gasteiger partial charge in [-0.15, -0.1) is 0 Å². The molecule has 0 atom stereocenters. The van der Waals surface area contributed by atoms with Crippen LogP contribution < -0.4 is 11.3 Å². The molecular weight excluding hydrogens is 334 g/mol. The third kappa shape index (κ3) is 3.28. The predicted octanol–water partition coefficient (Wildman–Crippen LogP) is 2.21. The third-order valence-corrected chi connectivity index (χ3v) is 3.53. The molecule has 0 saturated heterocycles. The van der Waals surface area contributed by atoms with Gasteiger partial charge < -0.3 is 5.73 Å². The van der Waals surface area contributed by atoms with Crippen molar-refractivity contribution in [2.45, 2.75) is 13.8 Å². The minimum atomic E-state index is -0.745. The summed E-state index contributed by atoms with van der Waals surface area (Å²) in [5, 5.41) is 4.15. The van der Waals surface area contributed by atoms with Crippen LogP contribution in [0.1, 0.15) is 27.2 Å². The van der Waals surface area contributed by atoms with Crippen LogP contribution in [0.5, 0.6) is 0 Å². The monoisotopic (exact) mass is 347 g/mol. The summed E-state index contributed by atoms with van der Waals surface area (Å²) in [6, 6.07) is 9.18. The van der Waals surface area contributed by atoms with Crippen LogP contribution in [0.3, 0.4) is 0 Å². The van der Waals surface area contributed by atoms with Crippen LogP contribution in [0.25, 0.3) is 0 Å². The molecule has 21 heavy (non-hydrogen) atoms. The SMILES string of the molecule is Cc1cc(C)n(/N=C/c2ccc(Br)cc2)c(=O)c1C(N)=O. The van der Waals surface area contributed by atoms with Gasteiger partial charge in [0, 0.05) is 10.2 Å². The van der Waals surface area contributed by atoms with Crippen molar-refractivity contribution in [3.05, 3.63) is 67.5 Å². The summed E-state index contributed by atoms with van der Waals surface area (Å²) in [6.07, 6.45) is 1.56. The van der Waals surface area contributed by atoms with Crippen molar-refractivity contribution in [1.82, 2.24) is 4.68 Å². The molecule has 1 heterocycles. The van der Waals surface area contributed by atoms with Gasteiger partial charge >= 0.3 is 0 Å². The van der Waals surface area contributed by atoms with E-state index in [1.54, 1.807) is 26.1 Å². The molecule has 2 N–H and O–H groups in total. The average molecular weight is 348 g/mol. The van der Waals surface area contributed by atoms with Gasteiger partial charge in [0.2, 0.25) is 0 Å². The Labute approximate surface area is 130 Å². The smallest absolute Gasteiger partial charge is 0.284 e. The van der Waals surface area contributed by atoms with Crippen LogP contribution in [-0.2, 0) is 0 Å².